The number of aliphatic hydroxyl groups is 1. The molecule has 0 aliphatic heterocycles. The van der Waals surface area contributed by atoms with Gasteiger partial charge in [-0.2, -0.15) is 0 Å². The van der Waals surface area contributed by atoms with Gasteiger partial charge in [-0.05, 0) is 25.0 Å². The van der Waals surface area contributed by atoms with Crippen molar-refractivity contribution in [1.82, 2.24) is 10.3 Å². The third-order valence-electron chi connectivity index (χ3n) is 3.01. The molecule has 1 aliphatic rings. The van der Waals surface area contributed by atoms with E-state index < -0.39 is 24.5 Å². The second kappa shape index (κ2) is 5.79. The van der Waals surface area contributed by atoms with E-state index in [1.54, 1.807) is 18.3 Å². The van der Waals surface area contributed by atoms with Crippen molar-refractivity contribution < 1.29 is 19.4 Å². The number of nitrogens with zero attached hydrogens (tertiary/aromatic N) is 1. The summed E-state index contributed by atoms with van der Waals surface area (Å²) in [6, 6.07) is 2.25. The molecule has 2 N–H and O–H groups in total. The summed E-state index contributed by atoms with van der Waals surface area (Å²) in [5.41, 5.74) is 1.32. The zero-order valence-electron chi connectivity index (χ0n) is 10.6. The van der Waals surface area contributed by atoms with Crippen LogP contribution in [0.2, 0.25) is 0 Å². The molecule has 0 unspecified atom stereocenters. The van der Waals surface area contributed by atoms with Crippen LogP contribution in [0.3, 0.4) is 0 Å². The number of carbonyl (C=O) groups excluding carboxylic acids is 2. The van der Waals surface area contributed by atoms with Crippen LogP contribution in [0.25, 0.3) is 0 Å². The van der Waals surface area contributed by atoms with Gasteiger partial charge in [0.1, 0.15) is 0 Å². The third kappa shape index (κ3) is 3.29. The van der Waals surface area contributed by atoms with E-state index in [2.05, 4.69) is 15.0 Å². The fourth-order valence-corrected chi connectivity index (χ4v) is 1.75. The number of methoxy groups -OCH3 is 1. The van der Waals surface area contributed by atoms with Gasteiger partial charge in [0.25, 0.3) is 5.91 Å². The normalized spacial score (nSPS) is 15.7. The van der Waals surface area contributed by atoms with Gasteiger partial charge in [0.15, 0.2) is 6.04 Å². The molecule has 1 aromatic heterocycles. The lowest BCUT2D eigenvalue weighted by atomic mass is 10.1. The number of esters is 1. The van der Waals surface area contributed by atoms with Crippen LogP contribution in [-0.4, -0.2) is 41.7 Å². The van der Waals surface area contributed by atoms with Crippen LogP contribution in [0.15, 0.2) is 18.3 Å². The van der Waals surface area contributed by atoms with Crippen molar-refractivity contribution in [3.05, 3.63) is 29.6 Å². The Labute approximate surface area is 110 Å². The molecule has 0 saturated heterocycles. The third-order valence-corrected chi connectivity index (χ3v) is 3.01. The van der Waals surface area contributed by atoms with Crippen LogP contribution >= 0.6 is 0 Å². The summed E-state index contributed by atoms with van der Waals surface area (Å²) < 4.78 is 4.49. The van der Waals surface area contributed by atoms with Crippen molar-refractivity contribution >= 4 is 11.9 Å². The van der Waals surface area contributed by atoms with Gasteiger partial charge in [0.2, 0.25) is 0 Å². The fourth-order valence-electron chi connectivity index (χ4n) is 1.75. The van der Waals surface area contributed by atoms with Crippen molar-refractivity contribution in [3.8, 4) is 0 Å². The van der Waals surface area contributed by atoms with E-state index in [4.69, 9.17) is 5.11 Å². The molecule has 0 radical (unpaired) electrons. The zero-order valence-corrected chi connectivity index (χ0v) is 10.6. The number of aromatic nitrogens is 1. The molecule has 1 aliphatic carbocycles. The molecular formula is C13H16N2O4. The lowest BCUT2D eigenvalue weighted by Gasteiger charge is -2.14. The number of pyridine rings is 1. The SMILES string of the molecule is COC(=O)[C@H](CO)NC(=O)c1ccnc(C2CC2)c1. The number of hydrogen-bond acceptors (Lipinski definition) is 5. The molecule has 1 heterocycles. The number of carbonyl (C=O) groups is 2. The lowest BCUT2D eigenvalue weighted by Crippen LogP contribution is -2.44. The first-order valence-corrected chi connectivity index (χ1v) is 6.11. The highest BCUT2D eigenvalue weighted by molar-refractivity contribution is 5.96. The topological polar surface area (TPSA) is 88.5 Å². The van der Waals surface area contributed by atoms with E-state index in [0.717, 1.165) is 18.5 Å². The Bertz CT molecular complexity index is 485. The van der Waals surface area contributed by atoms with Gasteiger partial charge < -0.3 is 15.2 Å². The number of hydrogen-bond donors (Lipinski definition) is 2. The lowest BCUT2D eigenvalue weighted by molar-refractivity contribution is -0.143. The van der Waals surface area contributed by atoms with E-state index in [1.165, 1.54) is 7.11 Å². The Balaban J connectivity index is 2.06. The maximum absolute atomic E-state index is 12.0. The molecule has 2 rings (SSSR count). The minimum absolute atomic E-state index is 0.422. The predicted molar refractivity (Wildman–Crippen MR) is 66.6 cm³/mol. The average Bonchev–Trinajstić information content (AvgIpc) is 3.28. The molecule has 1 atom stereocenters. The molecule has 0 spiro atoms. The van der Waals surface area contributed by atoms with Gasteiger partial charge in [0.05, 0.1) is 13.7 Å². The number of aliphatic hydroxyl groups excluding tert-OH is 1. The van der Waals surface area contributed by atoms with Gasteiger partial charge in [-0.25, -0.2) is 4.79 Å². The number of rotatable bonds is 5. The quantitative estimate of drug-likeness (QED) is 0.743. The second-order valence-corrected chi connectivity index (χ2v) is 4.48. The molecule has 1 aromatic rings. The van der Waals surface area contributed by atoms with Crippen molar-refractivity contribution in [1.29, 1.82) is 0 Å². The van der Waals surface area contributed by atoms with Crippen molar-refractivity contribution in [2.75, 3.05) is 13.7 Å². The number of nitrogens with one attached hydrogen (secondary N) is 1. The molecule has 0 bridgehead atoms. The van der Waals surface area contributed by atoms with Crippen LogP contribution in [-0.2, 0) is 9.53 Å². The molecule has 102 valence electrons. The van der Waals surface area contributed by atoms with Gasteiger partial charge in [-0.3, -0.25) is 9.78 Å². The summed E-state index contributed by atoms with van der Waals surface area (Å²) in [5, 5.41) is 11.5. The first-order chi connectivity index (χ1) is 9.15. The molecule has 1 saturated carbocycles. The molecule has 1 fully saturated rings. The van der Waals surface area contributed by atoms with Crippen LogP contribution in [0, 0.1) is 0 Å². The summed E-state index contributed by atoms with van der Waals surface area (Å²) in [7, 11) is 1.20. The molecule has 6 nitrogen and oxygen atoms in total. The van der Waals surface area contributed by atoms with Gasteiger partial charge >= 0.3 is 5.97 Å². The van der Waals surface area contributed by atoms with Crippen LogP contribution in [0.5, 0.6) is 0 Å². The maximum Gasteiger partial charge on any atom is 0.330 e. The largest absolute Gasteiger partial charge is 0.467 e. The summed E-state index contributed by atoms with van der Waals surface area (Å²) in [5.74, 6) is -0.650. The molecule has 1 amide bonds. The fraction of sp³-hybridized carbons (Fsp3) is 0.462. The minimum Gasteiger partial charge on any atom is -0.467 e. The summed E-state index contributed by atoms with van der Waals surface area (Å²) in [4.78, 5) is 27.5. The number of amides is 1. The Morgan fingerprint density at radius 2 is 2.32 bits per heavy atom. The Hall–Kier alpha value is -1.95. The highest BCUT2D eigenvalue weighted by atomic mass is 16.5. The zero-order chi connectivity index (χ0) is 13.8. The monoisotopic (exact) mass is 264 g/mol. The van der Waals surface area contributed by atoms with Gasteiger partial charge in [0, 0.05) is 23.4 Å². The summed E-state index contributed by atoms with van der Waals surface area (Å²) in [6.45, 7) is -0.501. The van der Waals surface area contributed by atoms with Crippen LogP contribution < -0.4 is 5.32 Å². The second-order valence-electron chi connectivity index (χ2n) is 4.48. The smallest absolute Gasteiger partial charge is 0.330 e. The molecule has 6 heteroatoms. The Kier molecular flexibility index (Phi) is 4.11. The van der Waals surface area contributed by atoms with E-state index in [9.17, 15) is 9.59 Å². The summed E-state index contributed by atoms with van der Waals surface area (Å²) in [6.07, 6.45) is 3.77. The standard InChI is InChI=1S/C13H16N2O4/c1-19-13(18)11(7-16)15-12(17)9-4-5-14-10(6-9)8-2-3-8/h4-6,8,11,16H,2-3,7H2,1H3,(H,15,17)/t11-/m0/s1. The van der Waals surface area contributed by atoms with Crippen molar-refractivity contribution in [2.24, 2.45) is 0 Å². The van der Waals surface area contributed by atoms with Gasteiger partial charge in [-0.15, -0.1) is 0 Å². The molecule has 19 heavy (non-hydrogen) atoms. The maximum atomic E-state index is 12.0. The first kappa shape index (κ1) is 13.5. The van der Waals surface area contributed by atoms with E-state index >= 15 is 0 Å². The highest BCUT2D eigenvalue weighted by Gasteiger charge is 2.26. The first-order valence-electron chi connectivity index (χ1n) is 6.11. The van der Waals surface area contributed by atoms with E-state index in [0.29, 0.717) is 11.5 Å². The average molecular weight is 264 g/mol. The Morgan fingerprint density at radius 3 is 2.89 bits per heavy atom. The van der Waals surface area contributed by atoms with E-state index in [1.807, 2.05) is 0 Å². The van der Waals surface area contributed by atoms with Crippen molar-refractivity contribution in [2.45, 2.75) is 24.8 Å². The highest BCUT2D eigenvalue weighted by Crippen LogP contribution is 2.38. The van der Waals surface area contributed by atoms with Crippen molar-refractivity contribution in [3.63, 3.8) is 0 Å². The Morgan fingerprint density at radius 1 is 1.58 bits per heavy atom. The summed E-state index contributed by atoms with van der Waals surface area (Å²) >= 11 is 0. The van der Waals surface area contributed by atoms with Crippen LogP contribution in [0.1, 0.15) is 34.8 Å². The van der Waals surface area contributed by atoms with Gasteiger partial charge in [-0.1, -0.05) is 0 Å². The van der Waals surface area contributed by atoms with Crippen LogP contribution in [0.4, 0.5) is 0 Å². The predicted octanol–water partition coefficient (Wildman–Crippen LogP) is 0.223. The number of ether oxygens (including phenoxy) is 1. The van der Waals surface area contributed by atoms with E-state index in [-0.39, 0.29) is 0 Å². The minimum atomic E-state index is -1.05. The molecule has 0 aromatic carbocycles. The molecular weight excluding hydrogens is 248 g/mol.